The normalized spacial score (nSPS) is 15.8. The maximum Gasteiger partial charge on any atom is 0.262 e. The first-order valence-electron chi connectivity index (χ1n) is 12.1. The Bertz CT molecular complexity index is 1380. The zero-order chi connectivity index (χ0) is 25.2. The van der Waals surface area contributed by atoms with Crippen LogP contribution in [0.15, 0.2) is 54.9 Å². The third-order valence-corrected chi connectivity index (χ3v) is 8.07. The Kier molecular flexibility index (Phi) is 7.18. The van der Waals surface area contributed by atoms with Gasteiger partial charge in [-0.05, 0) is 44.5 Å². The SMILES string of the molecule is CCN1CCC(Oc2ccc3ncn(-c4cc(OC(C)c5ccccc5Cl)c(C(N)=O)s4)c3c2)CC1. The van der Waals surface area contributed by atoms with E-state index in [1.807, 2.05) is 60.0 Å². The number of thiophene rings is 1. The van der Waals surface area contributed by atoms with Crippen molar-refractivity contribution in [1.29, 1.82) is 0 Å². The minimum absolute atomic E-state index is 0.205. The van der Waals surface area contributed by atoms with Gasteiger partial charge in [0.15, 0.2) is 0 Å². The Morgan fingerprint density at radius 3 is 2.72 bits per heavy atom. The number of rotatable bonds is 8. The number of nitrogens with two attached hydrogens (primary N) is 1. The summed E-state index contributed by atoms with van der Waals surface area (Å²) in [5.74, 6) is 0.695. The van der Waals surface area contributed by atoms with Gasteiger partial charge >= 0.3 is 0 Å². The second kappa shape index (κ2) is 10.5. The molecule has 2 aromatic heterocycles. The van der Waals surface area contributed by atoms with Crippen molar-refractivity contribution in [2.75, 3.05) is 19.6 Å². The van der Waals surface area contributed by atoms with E-state index in [4.69, 9.17) is 26.8 Å². The molecule has 0 radical (unpaired) electrons. The minimum atomic E-state index is -0.542. The smallest absolute Gasteiger partial charge is 0.262 e. The van der Waals surface area contributed by atoms with Crippen molar-refractivity contribution in [3.05, 3.63) is 70.3 Å². The van der Waals surface area contributed by atoms with E-state index in [-0.39, 0.29) is 12.2 Å². The van der Waals surface area contributed by atoms with Crippen LogP contribution in [-0.4, -0.2) is 46.1 Å². The van der Waals surface area contributed by atoms with Crippen molar-refractivity contribution >= 4 is 39.9 Å². The number of carbonyl (C=O) groups is 1. The fraction of sp³-hybridized carbons (Fsp3) is 0.333. The zero-order valence-electron chi connectivity index (χ0n) is 20.3. The van der Waals surface area contributed by atoms with Gasteiger partial charge in [-0.25, -0.2) is 4.98 Å². The third kappa shape index (κ3) is 5.07. The number of likely N-dealkylation sites (tertiary alicyclic amines) is 1. The largest absolute Gasteiger partial charge is 0.490 e. The molecule has 1 amide bonds. The predicted octanol–water partition coefficient (Wildman–Crippen LogP) is 5.84. The van der Waals surface area contributed by atoms with E-state index in [1.165, 1.54) is 11.3 Å². The number of fused-ring (bicyclic) bond motifs is 1. The summed E-state index contributed by atoms with van der Waals surface area (Å²) < 4.78 is 14.4. The van der Waals surface area contributed by atoms with Crippen molar-refractivity contribution in [3.8, 4) is 16.5 Å². The number of imidazole rings is 1. The lowest BCUT2D eigenvalue weighted by Crippen LogP contribution is -2.37. The van der Waals surface area contributed by atoms with Gasteiger partial charge in [0.05, 0.1) is 11.0 Å². The Balaban J connectivity index is 1.42. The number of benzene rings is 2. The van der Waals surface area contributed by atoms with Crippen molar-refractivity contribution in [2.45, 2.75) is 38.9 Å². The van der Waals surface area contributed by atoms with E-state index >= 15 is 0 Å². The molecule has 1 unspecified atom stereocenters. The number of primary amides is 1. The summed E-state index contributed by atoms with van der Waals surface area (Å²) in [5.41, 5.74) is 8.27. The van der Waals surface area contributed by atoms with Crippen LogP contribution >= 0.6 is 22.9 Å². The molecule has 1 atom stereocenters. The van der Waals surface area contributed by atoms with Gasteiger partial charge in [-0.15, -0.1) is 11.3 Å². The van der Waals surface area contributed by atoms with Crippen LogP contribution in [0.2, 0.25) is 5.02 Å². The number of amides is 1. The molecule has 1 saturated heterocycles. The van der Waals surface area contributed by atoms with Crippen LogP contribution in [0.25, 0.3) is 16.0 Å². The molecule has 2 N–H and O–H groups in total. The molecule has 5 rings (SSSR count). The highest BCUT2D eigenvalue weighted by atomic mass is 35.5. The quantitative estimate of drug-likeness (QED) is 0.313. The molecule has 1 fully saturated rings. The molecule has 0 saturated carbocycles. The van der Waals surface area contributed by atoms with Crippen LogP contribution in [0, 0.1) is 0 Å². The molecule has 1 aliphatic heterocycles. The molecule has 2 aromatic carbocycles. The average Bonchev–Trinajstić information content (AvgIpc) is 3.48. The number of halogens is 1. The molecule has 9 heteroatoms. The van der Waals surface area contributed by atoms with Crippen LogP contribution in [0.4, 0.5) is 0 Å². The van der Waals surface area contributed by atoms with Gasteiger partial charge in [-0.1, -0.05) is 36.7 Å². The number of carbonyl (C=O) groups excluding carboxylic acids is 1. The number of ether oxygens (including phenoxy) is 2. The first-order chi connectivity index (χ1) is 17.4. The monoisotopic (exact) mass is 524 g/mol. The van der Waals surface area contributed by atoms with Crippen molar-refractivity contribution in [3.63, 3.8) is 0 Å². The van der Waals surface area contributed by atoms with Crippen LogP contribution in [0.5, 0.6) is 11.5 Å². The minimum Gasteiger partial charge on any atom is -0.490 e. The highest BCUT2D eigenvalue weighted by Gasteiger charge is 2.22. The number of hydrogen-bond donors (Lipinski definition) is 1. The van der Waals surface area contributed by atoms with E-state index in [1.54, 1.807) is 6.33 Å². The summed E-state index contributed by atoms with van der Waals surface area (Å²) in [6.45, 7) is 7.28. The summed E-state index contributed by atoms with van der Waals surface area (Å²) in [6, 6.07) is 15.2. The molecule has 4 aromatic rings. The average molecular weight is 525 g/mol. The van der Waals surface area contributed by atoms with E-state index in [2.05, 4.69) is 16.8 Å². The summed E-state index contributed by atoms with van der Waals surface area (Å²) in [6.07, 6.45) is 3.62. The number of aromatic nitrogens is 2. The molecular weight excluding hydrogens is 496 g/mol. The highest BCUT2D eigenvalue weighted by Crippen LogP contribution is 2.37. The van der Waals surface area contributed by atoms with Crippen LogP contribution in [0.3, 0.4) is 0 Å². The van der Waals surface area contributed by atoms with Gasteiger partial charge in [-0.3, -0.25) is 9.36 Å². The number of piperidine rings is 1. The van der Waals surface area contributed by atoms with Gasteiger partial charge in [-0.2, -0.15) is 0 Å². The van der Waals surface area contributed by atoms with E-state index in [0.717, 1.165) is 59.8 Å². The van der Waals surface area contributed by atoms with E-state index in [0.29, 0.717) is 15.6 Å². The Morgan fingerprint density at radius 2 is 2.00 bits per heavy atom. The standard InChI is InChI=1S/C27H29ClN4O3S/c1-3-31-12-10-18(11-13-31)35-19-8-9-22-23(14-19)32(16-30-22)25-15-24(26(36-25)27(29)33)34-17(2)20-6-4-5-7-21(20)28/h4-9,14-18H,3,10-13H2,1-2H3,(H2,29,33). The Labute approximate surface area is 219 Å². The second-order valence-corrected chi connectivity index (χ2v) is 10.4. The van der Waals surface area contributed by atoms with Gasteiger partial charge in [0, 0.05) is 35.8 Å². The fourth-order valence-electron chi connectivity index (χ4n) is 4.57. The predicted molar refractivity (Wildman–Crippen MR) is 144 cm³/mol. The van der Waals surface area contributed by atoms with Gasteiger partial charge < -0.3 is 20.1 Å². The Morgan fingerprint density at radius 1 is 1.22 bits per heavy atom. The van der Waals surface area contributed by atoms with Crippen LogP contribution in [0.1, 0.15) is 48.0 Å². The summed E-state index contributed by atoms with van der Waals surface area (Å²) in [7, 11) is 0. The van der Waals surface area contributed by atoms with Crippen LogP contribution in [-0.2, 0) is 0 Å². The van der Waals surface area contributed by atoms with Gasteiger partial charge in [0.25, 0.3) is 5.91 Å². The summed E-state index contributed by atoms with van der Waals surface area (Å²) >= 11 is 7.61. The second-order valence-electron chi connectivity index (χ2n) is 8.94. The van der Waals surface area contributed by atoms with Gasteiger partial charge in [0.2, 0.25) is 0 Å². The highest BCUT2D eigenvalue weighted by molar-refractivity contribution is 7.16. The summed E-state index contributed by atoms with van der Waals surface area (Å²) in [5, 5.41) is 1.38. The maximum absolute atomic E-state index is 12.3. The van der Waals surface area contributed by atoms with Gasteiger partial charge in [0.1, 0.15) is 39.9 Å². The lowest BCUT2D eigenvalue weighted by molar-refractivity contribution is 0.0998. The third-order valence-electron chi connectivity index (χ3n) is 6.60. The molecule has 0 bridgehead atoms. The Hall–Kier alpha value is -3.07. The van der Waals surface area contributed by atoms with Crippen molar-refractivity contribution in [1.82, 2.24) is 14.5 Å². The lowest BCUT2D eigenvalue weighted by Gasteiger charge is -2.31. The van der Waals surface area contributed by atoms with E-state index in [9.17, 15) is 4.79 Å². The molecule has 3 heterocycles. The molecule has 0 spiro atoms. The molecule has 7 nitrogen and oxygen atoms in total. The number of hydrogen-bond acceptors (Lipinski definition) is 6. The molecule has 0 aliphatic carbocycles. The molecular formula is C27H29ClN4O3S. The fourth-order valence-corrected chi connectivity index (χ4v) is 5.79. The maximum atomic E-state index is 12.3. The summed E-state index contributed by atoms with van der Waals surface area (Å²) in [4.78, 5) is 19.6. The topological polar surface area (TPSA) is 82.6 Å². The first-order valence-corrected chi connectivity index (χ1v) is 13.3. The first kappa shape index (κ1) is 24.6. The zero-order valence-corrected chi connectivity index (χ0v) is 21.9. The molecule has 188 valence electrons. The molecule has 1 aliphatic rings. The van der Waals surface area contributed by atoms with Crippen LogP contribution < -0.4 is 15.2 Å². The van der Waals surface area contributed by atoms with E-state index < -0.39 is 5.91 Å². The van der Waals surface area contributed by atoms with Crippen molar-refractivity contribution in [2.24, 2.45) is 5.73 Å². The molecule has 36 heavy (non-hydrogen) atoms. The number of nitrogens with zero attached hydrogens (tertiary/aromatic N) is 3. The lowest BCUT2D eigenvalue weighted by atomic mass is 10.1. The van der Waals surface area contributed by atoms with Crippen molar-refractivity contribution < 1.29 is 14.3 Å².